The van der Waals surface area contributed by atoms with Crippen molar-refractivity contribution in [3.8, 4) is 0 Å². The fourth-order valence-corrected chi connectivity index (χ4v) is 3.94. The molecule has 3 heterocycles. The van der Waals surface area contributed by atoms with Crippen LogP contribution < -0.4 is 11.1 Å². The summed E-state index contributed by atoms with van der Waals surface area (Å²) < 4.78 is 40.4. The van der Waals surface area contributed by atoms with Crippen LogP contribution in [0.15, 0.2) is 18.5 Å². The number of nitro groups is 1. The minimum atomic E-state index is -4.68. The Morgan fingerprint density at radius 1 is 1.42 bits per heavy atom. The molecule has 2 amide bonds. The van der Waals surface area contributed by atoms with E-state index in [1.807, 2.05) is 0 Å². The SMILES string of the molecule is Cc1cc(C(F)(F)F)nc2sc(C(N)=O)c(NC(=O)C(C)Cn3cc([N+](=O)[O-])cn3)c12. The smallest absolute Gasteiger partial charge is 0.365 e. The molecule has 31 heavy (non-hydrogen) atoms. The first-order valence-electron chi connectivity index (χ1n) is 8.67. The monoisotopic (exact) mass is 456 g/mol. The number of rotatable bonds is 6. The highest BCUT2D eigenvalue weighted by atomic mass is 32.1. The highest BCUT2D eigenvalue weighted by molar-refractivity contribution is 7.21. The normalized spacial score (nSPS) is 12.7. The van der Waals surface area contributed by atoms with Crippen LogP contribution in [0, 0.1) is 23.0 Å². The van der Waals surface area contributed by atoms with E-state index >= 15 is 0 Å². The number of pyridine rings is 1. The summed E-state index contributed by atoms with van der Waals surface area (Å²) in [5.74, 6) is -2.26. The quantitative estimate of drug-likeness (QED) is 0.430. The van der Waals surface area contributed by atoms with E-state index in [0.29, 0.717) is 11.3 Å². The molecule has 164 valence electrons. The lowest BCUT2D eigenvalue weighted by atomic mass is 10.1. The molecule has 3 aromatic heterocycles. The van der Waals surface area contributed by atoms with E-state index in [2.05, 4.69) is 15.4 Å². The number of primary amides is 1. The van der Waals surface area contributed by atoms with Crippen molar-refractivity contribution in [1.82, 2.24) is 14.8 Å². The average molecular weight is 456 g/mol. The molecule has 0 aliphatic rings. The van der Waals surface area contributed by atoms with Gasteiger partial charge in [0.05, 0.1) is 23.1 Å². The first-order valence-corrected chi connectivity index (χ1v) is 9.49. The zero-order chi connectivity index (χ0) is 23.1. The maximum Gasteiger partial charge on any atom is 0.433 e. The molecule has 0 aliphatic carbocycles. The molecule has 0 spiro atoms. The Labute approximate surface area is 176 Å². The molecular formula is C17H15F3N6O4S. The summed E-state index contributed by atoms with van der Waals surface area (Å²) in [7, 11) is 0. The number of hydrogen-bond donors (Lipinski definition) is 2. The molecule has 0 aliphatic heterocycles. The summed E-state index contributed by atoms with van der Waals surface area (Å²) in [6.45, 7) is 2.91. The topological polar surface area (TPSA) is 146 Å². The summed E-state index contributed by atoms with van der Waals surface area (Å²) in [5, 5.41) is 17.3. The predicted molar refractivity (Wildman–Crippen MR) is 105 cm³/mol. The van der Waals surface area contributed by atoms with Crippen LogP contribution in [0.2, 0.25) is 0 Å². The third-order valence-electron chi connectivity index (χ3n) is 4.36. The summed E-state index contributed by atoms with van der Waals surface area (Å²) in [6, 6.07) is 0.821. The lowest BCUT2D eigenvalue weighted by Gasteiger charge is -2.13. The maximum absolute atomic E-state index is 13.1. The van der Waals surface area contributed by atoms with Crippen LogP contribution in [-0.4, -0.2) is 31.5 Å². The number of halogens is 3. The molecular weight excluding hydrogens is 441 g/mol. The lowest BCUT2D eigenvalue weighted by molar-refractivity contribution is -0.385. The molecule has 3 rings (SSSR count). The van der Waals surface area contributed by atoms with E-state index in [-0.39, 0.29) is 38.6 Å². The fraction of sp³-hybridized carbons (Fsp3) is 0.294. The van der Waals surface area contributed by atoms with Gasteiger partial charge in [-0.25, -0.2) is 4.98 Å². The van der Waals surface area contributed by atoms with Gasteiger partial charge in [-0.05, 0) is 18.6 Å². The number of fused-ring (bicyclic) bond motifs is 1. The van der Waals surface area contributed by atoms with Crippen molar-refractivity contribution in [3.05, 3.63) is 44.7 Å². The van der Waals surface area contributed by atoms with E-state index in [1.54, 1.807) is 0 Å². The zero-order valence-electron chi connectivity index (χ0n) is 16.1. The van der Waals surface area contributed by atoms with Gasteiger partial charge in [0.2, 0.25) is 5.91 Å². The number of nitrogens with two attached hydrogens (primary N) is 1. The number of aromatic nitrogens is 3. The highest BCUT2D eigenvalue weighted by Crippen LogP contribution is 2.39. The van der Waals surface area contributed by atoms with E-state index in [4.69, 9.17) is 5.73 Å². The van der Waals surface area contributed by atoms with Crippen LogP contribution in [-0.2, 0) is 17.5 Å². The van der Waals surface area contributed by atoms with Crippen molar-refractivity contribution in [2.24, 2.45) is 11.7 Å². The van der Waals surface area contributed by atoms with Gasteiger partial charge in [-0.15, -0.1) is 11.3 Å². The molecule has 14 heteroatoms. The van der Waals surface area contributed by atoms with Gasteiger partial charge in [0.1, 0.15) is 27.8 Å². The molecule has 0 bridgehead atoms. The fourth-order valence-electron chi connectivity index (χ4n) is 2.88. The summed E-state index contributed by atoms with van der Waals surface area (Å²) in [6.07, 6.45) is -2.49. The van der Waals surface area contributed by atoms with E-state index < -0.39 is 34.5 Å². The Balaban J connectivity index is 1.93. The van der Waals surface area contributed by atoms with Gasteiger partial charge in [-0.2, -0.15) is 18.3 Å². The van der Waals surface area contributed by atoms with Crippen molar-refractivity contribution in [3.63, 3.8) is 0 Å². The van der Waals surface area contributed by atoms with Gasteiger partial charge in [-0.1, -0.05) is 6.92 Å². The van der Waals surface area contributed by atoms with E-state index in [0.717, 1.165) is 18.5 Å². The number of amides is 2. The van der Waals surface area contributed by atoms with Gasteiger partial charge >= 0.3 is 11.9 Å². The second-order valence-electron chi connectivity index (χ2n) is 6.74. The van der Waals surface area contributed by atoms with Crippen molar-refractivity contribution in [2.75, 3.05) is 5.32 Å². The number of alkyl halides is 3. The number of carbonyl (C=O) groups excluding carboxylic acids is 2. The molecule has 0 fully saturated rings. The highest BCUT2D eigenvalue weighted by Gasteiger charge is 2.34. The van der Waals surface area contributed by atoms with Gasteiger partial charge in [0, 0.05) is 5.39 Å². The maximum atomic E-state index is 13.1. The summed E-state index contributed by atoms with van der Waals surface area (Å²) in [5.41, 5.74) is 4.13. The van der Waals surface area contributed by atoms with Crippen LogP contribution in [0.5, 0.6) is 0 Å². The standard InChI is InChI=1S/C17H15F3N6O4S/c1-7-3-10(17(18,19)20)23-16-11(7)12(13(31-16)14(21)27)24-15(28)8(2)5-25-6-9(4-22-25)26(29)30/h3-4,6,8H,5H2,1-2H3,(H2,21,27)(H,24,28). The number of anilines is 1. The van der Waals surface area contributed by atoms with Gasteiger partial charge in [-0.3, -0.25) is 24.4 Å². The first-order chi connectivity index (χ1) is 14.4. The predicted octanol–water partition coefficient (Wildman–Crippen LogP) is 3.10. The molecule has 0 saturated carbocycles. The molecule has 10 nitrogen and oxygen atoms in total. The molecule has 0 saturated heterocycles. The first kappa shape index (κ1) is 22.1. The lowest BCUT2D eigenvalue weighted by Crippen LogP contribution is -2.25. The average Bonchev–Trinajstić information content (AvgIpc) is 3.26. The molecule has 1 unspecified atom stereocenters. The third kappa shape index (κ3) is 4.47. The number of hydrogen-bond acceptors (Lipinski definition) is 7. The van der Waals surface area contributed by atoms with Gasteiger partial charge < -0.3 is 11.1 Å². The number of thiophene rings is 1. The molecule has 0 radical (unpaired) electrons. The van der Waals surface area contributed by atoms with Gasteiger partial charge in [0.15, 0.2) is 0 Å². The van der Waals surface area contributed by atoms with Crippen molar-refractivity contribution >= 4 is 44.7 Å². The van der Waals surface area contributed by atoms with Crippen LogP contribution in [0.3, 0.4) is 0 Å². The van der Waals surface area contributed by atoms with Gasteiger partial charge in [0.25, 0.3) is 5.91 Å². The van der Waals surface area contributed by atoms with Crippen LogP contribution >= 0.6 is 11.3 Å². The molecule has 1 atom stereocenters. The summed E-state index contributed by atoms with van der Waals surface area (Å²) >= 11 is 0.648. The second-order valence-corrected chi connectivity index (χ2v) is 7.74. The number of nitrogens with zero attached hydrogens (tertiary/aromatic N) is 4. The minimum Gasteiger partial charge on any atom is -0.365 e. The van der Waals surface area contributed by atoms with Crippen molar-refractivity contribution in [2.45, 2.75) is 26.6 Å². The molecule has 0 aromatic carbocycles. The largest absolute Gasteiger partial charge is 0.433 e. The molecule has 3 N–H and O–H groups in total. The Hall–Kier alpha value is -3.55. The van der Waals surface area contributed by atoms with Crippen molar-refractivity contribution in [1.29, 1.82) is 0 Å². The Bertz CT molecular complexity index is 1200. The molecule has 3 aromatic rings. The Kier molecular flexibility index (Phi) is 5.67. The summed E-state index contributed by atoms with van der Waals surface area (Å²) in [4.78, 5) is 38.0. The third-order valence-corrected chi connectivity index (χ3v) is 5.46. The van der Waals surface area contributed by atoms with Crippen LogP contribution in [0.1, 0.15) is 27.9 Å². The Morgan fingerprint density at radius 3 is 2.65 bits per heavy atom. The van der Waals surface area contributed by atoms with E-state index in [9.17, 15) is 32.9 Å². The van der Waals surface area contributed by atoms with Crippen LogP contribution in [0.25, 0.3) is 10.2 Å². The van der Waals surface area contributed by atoms with E-state index in [1.165, 1.54) is 18.5 Å². The zero-order valence-corrected chi connectivity index (χ0v) is 16.9. The number of nitrogens with one attached hydrogen (secondary N) is 1. The number of carbonyl (C=O) groups is 2. The second kappa shape index (κ2) is 7.94. The number of aryl methyl sites for hydroxylation is 1. The van der Waals surface area contributed by atoms with Crippen LogP contribution in [0.4, 0.5) is 24.5 Å². The van der Waals surface area contributed by atoms with Crippen molar-refractivity contribution < 1.29 is 27.7 Å². The minimum absolute atomic E-state index is 0.0108. The Morgan fingerprint density at radius 2 is 2.10 bits per heavy atom.